The van der Waals surface area contributed by atoms with Crippen LogP contribution in [-0.2, 0) is 16.0 Å². The summed E-state index contributed by atoms with van der Waals surface area (Å²) in [5.41, 5.74) is 3.26. The fourth-order valence-corrected chi connectivity index (χ4v) is 3.75. The molecule has 0 saturated heterocycles. The fourth-order valence-electron chi connectivity index (χ4n) is 2.55. The molecule has 0 bridgehead atoms. The zero-order valence-electron chi connectivity index (χ0n) is 15.5. The molecular weight excluding hydrogens is 326 g/mol. The Morgan fingerprint density at radius 2 is 1.60 bits per heavy atom. The van der Waals surface area contributed by atoms with Gasteiger partial charge >= 0.3 is 5.97 Å². The molecular formula is C21H29NO2Si. The molecule has 4 heteroatoms. The second-order valence-electron chi connectivity index (χ2n) is 7.57. The molecule has 0 fully saturated rings. The lowest BCUT2D eigenvalue weighted by Crippen LogP contribution is -2.20. The second-order valence-corrected chi connectivity index (χ2v) is 13.2. The molecule has 3 nitrogen and oxygen atoms in total. The van der Waals surface area contributed by atoms with Gasteiger partial charge < -0.3 is 10.1 Å². The minimum atomic E-state index is -1.03. The number of benzene rings is 2. The molecule has 0 aliphatic heterocycles. The van der Waals surface area contributed by atoms with E-state index in [0.29, 0.717) is 13.0 Å². The summed E-state index contributed by atoms with van der Waals surface area (Å²) in [5.74, 6) is -0.0953. The molecule has 2 aromatic rings. The number of aryl methyl sites for hydroxylation is 1. The number of para-hydroxylation sites is 1. The summed E-state index contributed by atoms with van der Waals surface area (Å²) in [6.45, 7) is 7.57. The van der Waals surface area contributed by atoms with Gasteiger partial charge in [-0.3, -0.25) is 4.79 Å². The molecule has 0 unspecified atom stereocenters. The number of anilines is 2. The average Bonchev–Trinajstić information content (AvgIpc) is 2.58. The number of rotatable bonds is 9. The van der Waals surface area contributed by atoms with Crippen LogP contribution in [0.1, 0.15) is 18.4 Å². The van der Waals surface area contributed by atoms with Crippen molar-refractivity contribution in [2.24, 2.45) is 0 Å². The standard InChI is InChI=1S/C21H29NO2Si/c1-25(2,3)17-7-16-24-21(23)15-12-18-10-13-20(14-11-18)22-19-8-5-4-6-9-19/h4-6,8-11,13-14,22H,7,12,15-17H2,1-3H3. The van der Waals surface area contributed by atoms with E-state index >= 15 is 0 Å². The van der Waals surface area contributed by atoms with E-state index in [1.165, 1.54) is 6.04 Å². The Hall–Kier alpha value is -2.07. The summed E-state index contributed by atoms with van der Waals surface area (Å²) in [6, 6.07) is 19.5. The Bertz CT molecular complexity index is 648. The molecule has 0 amide bonds. The number of nitrogens with one attached hydrogen (secondary N) is 1. The van der Waals surface area contributed by atoms with Crippen molar-refractivity contribution in [1.82, 2.24) is 0 Å². The van der Waals surface area contributed by atoms with Crippen LogP contribution in [0.25, 0.3) is 0 Å². The van der Waals surface area contributed by atoms with Gasteiger partial charge in [0.2, 0.25) is 0 Å². The monoisotopic (exact) mass is 355 g/mol. The highest BCUT2D eigenvalue weighted by atomic mass is 28.3. The molecule has 0 radical (unpaired) electrons. The Kier molecular flexibility index (Phi) is 7.26. The molecule has 0 heterocycles. The maximum Gasteiger partial charge on any atom is 0.306 e. The van der Waals surface area contributed by atoms with Gasteiger partial charge in [-0.2, -0.15) is 0 Å². The van der Waals surface area contributed by atoms with Gasteiger partial charge in [0.25, 0.3) is 0 Å². The number of carbonyl (C=O) groups excluding carboxylic acids is 1. The van der Waals surface area contributed by atoms with Gasteiger partial charge in [0.1, 0.15) is 0 Å². The second kappa shape index (κ2) is 9.42. The van der Waals surface area contributed by atoms with Crippen LogP contribution in [-0.4, -0.2) is 20.7 Å². The molecule has 0 atom stereocenters. The lowest BCUT2D eigenvalue weighted by Gasteiger charge is -2.15. The molecule has 0 saturated carbocycles. The van der Waals surface area contributed by atoms with E-state index in [-0.39, 0.29) is 5.97 Å². The number of esters is 1. The zero-order valence-corrected chi connectivity index (χ0v) is 16.5. The maximum absolute atomic E-state index is 11.8. The fraction of sp³-hybridized carbons (Fsp3) is 0.381. The first kappa shape index (κ1) is 19.3. The minimum Gasteiger partial charge on any atom is -0.466 e. The highest BCUT2D eigenvalue weighted by Crippen LogP contribution is 2.17. The van der Waals surface area contributed by atoms with E-state index in [1.807, 2.05) is 42.5 Å². The Labute approximate surface area is 152 Å². The van der Waals surface area contributed by atoms with Crippen LogP contribution in [0.5, 0.6) is 0 Å². The largest absolute Gasteiger partial charge is 0.466 e. The summed E-state index contributed by atoms with van der Waals surface area (Å²) < 4.78 is 5.33. The summed E-state index contributed by atoms with van der Waals surface area (Å²) in [5, 5.41) is 3.35. The topological polar surface area (TPSA) is 38.3 Å². The van der Waals surface area contributed by atoms with Crippen molar-refractivity contribution in [3.8, 4) is 0 Å². The van der Waals surface area contributed by atoms with Crippen LogP contribution in [0.2, 0.25) is 25.7 Å². The van der Waals surface area contributed by atoms with Gasteiger partial charge in [0.05, 0.1) is 6.61 Å². The number of hydrogen-bond donors (Lipinski definition) is 1. The molecule has 2 aromatic carbocycles. The van der Waals surface area contributed by atoms with Crippen molar-refractivity contribution < 1.29 is 9.53 Å². The first-order valence-electron chi connectivity index (χ1n) is 8.99. The molecule has 0 spiro atoms. The molecule has 0 aliphatic rings. The highest BCUT2D eigenvalue weighted by molar-refractivity contribution is 6.76. The Morgan fingerprint density at radius 3 is 2.24 bits per heavy atom. The van der Waals surface area contributed by atoms with Gasteiger partial charge in [0, 0.05) is 25.9 Å². The maximum atomic E-state index is 11.8. The lowest BCUT2D eigenvalue weighted by atomic mass is 10.1. The Balaban J connectivity index is 1.69. The molecule has 134 valence electrons. The third-order valence-electron chi connectivity index (χ3n) is 3.97. The van der Waals surface area contributed by atoms with Crippen LogP contribution < -0.4 is 5.32 Å². The first-order valence-corrected chi connectivity index (χ1v) is 12.7. The predicted molar refractivity (Wildman–Crippen MR) is 108 cm³/mol. The van der Waals surface area contributed by atoms with Gasteiger partial charge in [-0.15, -0.1) is 0 Å². The van der Waals surface area contributed by atoms with Gasteiger partial charge in [-0.1, -0.05) is 56.0 Å². The van der Waals surface area contributed by atoms with Crippen molar-refractivity contribution in [3.05, 3.63) is 60.2 Å². The summed E-state index contributed by atoms with van der Waals surface area (Å²) in [7, 11) is -1.03. The molecule has 0 aliphatic carbocycles. The van der Waals surface area contributed by atoms with Crippen LogP contribution in [0.3, 0.4) is 0 Å². The van der Waals surface area contributed by atoms with Crippen LogP contribution in [0.15, 0.2) is 54.6 Å². The van der Waals surface area contributed by atoms with Gasteiger partial charge in [-0.05, 0) is 42.7 Å². The van der Waals surface area contributed by atoms with E-state index in [1.54, 1.807) is 0 Å². The van der Waals surface area contributed by atoms with E-state index in [4.69, 9.17) is 4.74 Å². The molecule has 1 N–H and O–H groups in total. The number of carbonyl (C=O) groups is 1. The molecule has 0 aromatic heterocycles. The van der Waals surface area contributed by atoms with Crippen molar-refractivity contribution in [2.45, 2.75) is 44.9 Å². The average molecular weight is 356 g/mol. The van der Waals surface area contributed by atoms with Crippen molar-refractivity contribution in [1.29, 1.82) is 0 Å². The summed E-state index contributed by atoms with van der Waals surface area (Å²) in [4.78, 5) is 11.8. The first-order chi connectivity index (χ1) is 11.9. The van der Waals surface area contributed by atoms with Crippen molar-refractivity contribution in [3.63, 3.8) is 0 Å². The highest BCUT2D eigenvalue weighted by Gasteiger charge is 2.12. The predicted octanol–water partition coefficient (Wildman–Crippen LogP) is 5.63. The van der Waals surface area contributed by atoms with E-state index < -0.39 is 8.07 Å². The zero-order chi connectivity index (χ0) is 18.1. The molecule has 25 heavy (non-hydrogen) atoms. The summed E-state index contributed by atoms with van der Waals surface area (Å²) in [6.07, 6.45) is 2.15. The van der Waals surface area contributed by atoms with E-state index in [2.05, 4.69) is 37.1 Å². The van der Waals surface area contributed by atoms with E-state index in [9.17, 15) is 4.79 Å². The third-order valence-corrected chi connectivity index (χ3v) is 5.82. The van der Waals surface area contributed by atoms with Crippen molar-refractivity contribution in [2.75, 3.05) is 11.9 Å². The Morgan fingerprint density at radius 1 is 0.960 bits per heavy atom. The lowest BCUT2D eigenvalue weighted by molar-refractivity contribution is -0.143. The normalized spacial score (nSPS) is 11.2. The van der Waals surface area contributed by atoms with E-state index in [0.717, 1.165) is 29.8 Å². The molecule has 2 rings (SSSR count). The quantitative estimate of drug-likeness (QED) is 0.360. The number of ether oxygens (including phenoxy) is 1. The van der Waals surface area contributed by atoms with Gasteiger partial charge in [-0.25, -0.2) is 0 Å². The SMILES string of the molecule is C[Si](C)(C)CCCOC(=O)CCc1ccc(Nc2ccccc2)cc1. The smallest absolute Gasteiger partial charge is 0.306 e. The van der Waals surface area contributed by atoms with Crippen LogP contribution in [0, 0.1) is 0 Å². The van der Waals surface area contributed by atoms with Crippen LogP contribution >= 0.6 is 0 Å². The van der Waals surface area contributed by atoms with Crippen molar-refractivity contribution >= 4 is 25.4 Å². The van der Waals surface area contributed by atoms with Gasteiger partial charge in [0.15, 0.2) is 0 Å². The third kappa shape index (κ3) is 8.03. The number of hydrogen-bond acceptors (Lipinski definition) is 3. The van der Waals surface area contributed by atoms with Crippen LogP contribution in [0.4, 0.5) is 11.4 Å². The summed E-state index contributed by atoms with van der Waals surface area (Å²) >= 11 is 0. The minimum absolute atomic E-state index is 0.0953.